The Labute approximate surface area is 147 Å². The number of amides is 1. The van der Waals surface area contributed by atoms with E-state index in [1.54, 1.807) is 45.4 Å². The molecule has 0 aliphatic rings. The number of hydrogen-bond donors (Lipinski definition) is 1. The van der Waals surface area contributed by atoms with Crippen molar-refractivity contribution in [1.29, 1.82) is 0 Å². The summed E-state index contributed by atoms with van der Waals surface area (Å²) in [6.07, 6.45) is -0.602. The van der Waals surface area contributed by atoms with Gasteiger partial charge in [0.25, 0.3) is 5.91 Å². The Bertz CT molecular complexity index is 655. The molecule has 2 rings (SSSR count). The van der Waals surface area contributed by atoms with E-state index in [-0.39, 0.29) is 5.91 Å². The van der Waals surface area contributed by atoms with Gasteiger partial charge in [0.2, 0.25) is 0 Å². The molecule has 1 N–H and O–H groups in total. The molecule has 0 saturated heterocycles. The summed E-state index contributed by atoms with van der Waals surface area (Å²) in [5, 5.41) is 2.78. The number of rotatable bonds is 9. The minimum absolute atomic E-state index is 0.200. The molecule has 2 aromatic rings. The number of nitrogens with one attached hydrogen (secondary N) is 1. The first kappa shape index (κ1) is 18.4. The highest BCUT2D eigenvalue weighted by Crippen LogP contribution is 2.18. The summed E-state index contributed by atoms with van der Waals surface area (Å²) in [5.41, 5.74) is 0. The molecule has 134 valence electrons. The predicted octanol–water partition coefficient (Wildman–Crippen LogP) is 2.67. The van der Waals surface area contributed by atoms with Crippen LogP contribution in [0.1, 0.15) is 6.92 Å². The number of methoxy groups -OCH3 is 2. The van der Waals surface area contributed by atoms with Crippen LogP contribution in [0.2, 0.25) is 0 Å². The summed E-state index contributed by atoms with van der Waals surface area (Å²) in [4.78, 5) is 12.0. The van der Waals surface area contributed by atoms with E-state index in [1.807, 2.05) is 24.3 Å². The van der Waals surface area contributed by atoms with E-state index in [0.717, 1.165) is 17.2 Å². The molecule has 0 bridgehead atoms. The Morgan fingerprint density at radius 3 is 1.88 bits per heavy atom. The summed E-state index contributed by atoms with van der Waals surface area (Å²) < 4.78 is 21.3. The maximum atomic E-state index is 12.0. The highest BCUT2D eigenvalue weighted by atomic mass is 16.5. The molecule has 0 radical (unpaired) electrons. The zero-order valence-corrected chi connectivity index (χ0v) is 14.7. The van der Waals surface area contributed by atoms with E-state index in [0.29, 0.717) is 18.9 Å². The summed E-state index contributed by atoms with van der Waals surface area (Å²) in [6.45, 7) is 2.46. The molecular formula is C19H23NO5. The van der Waals surface area contributed by atoms with Crippen molar-refractivity contribution in [3.8, 4) is 23.0 Å². The number of carbonyl (C=O) groups is 1. The Morgan fingerprint density at radius 2 is 1.36 bits per heavy atom. The highest BCUT2D eigenvalue weighted by molar-refractivity contribution is 5.80. The molecule has 0 unspecified atom stereocenters. The zero-order chi connectivity index (χ0) is 18.1. The topological polar surface area (TPSA) is 66.0 Å². The van der Waals surface area contributed by atoms with E-state index in [4.69, 9.17) is 18.9 Å². The molecule has 2 aromatic carbocycles. The van der Waals surface area contributed by atoms with Crippen molar-refractivity contribution < 1.29 is 23.7 Å². The standard InChI is InChI=1S/C19H23NO5/c1-14(25-18-10-6-16(23-3)7-11-18)19(21)20-12-13-24-17-8-4-15(22-2)5-9-17/h4-11,14H,12-13H2,1-3H3,(H,20,21)/t14-/m1/s1. The summed E-state index contributed by atoms with van der Waals surface area (Å²) in [6, 6.07) is 14.3. The zero-order valence-electron chi connectivity index (χ0n) is 14.7. The monoisotopic (exact) mass is 345 g/mol. The Morgan fingerprint density at radius 1 is 0.880 bits per heavy atom. The van der Waals surface area contributed by atoms with Crippen LogP contribution in [0.4, 0.5) is 0 Å². The van der Waals surface area contributed by atoms with E-state index >= 15 is 0 Å². The van der Waals surface area contributed by atoms with Gasteiger partial charge in [0, 0.05) is 0 Å². The normalized spacial score (nSPS) is 11.3. The van der Waals surface area contributed by atoms with Crippen molar-refractivity contribution in [2.75, 3.05) is 27.4 Å². The number of carbonyl (C=O) groups excluding carboxylic acids is 1. The number of hydrogen-bond acceptors (Lipinski definition) is 5. The van der Waals surface area contributed by atoms with Crippen LogP contribution in [-0.4, -0.2) is 39.4 Å². The van der Waals surface area contributed by atoms with Crippen LogP contribution in [0.15, 0.2) is 48.5 Å². The largest absolute Gasteiger partial charge is 0.497 e. The average Bonchev–Trinajstić information content (AvgIpc) is 2.66. The lowest BCUT2D eigenvalue weighted by Crippen LogP contribution is -2.38. The fourth-order valence-corrected chi connectivity index (χ4v) is 2.07. The fraction of sp³-hybridized carbons (Fsp3) is 0.316. The maximum Gasteiger partial charge on any atom is 0.260 e. The van der Waals surface area contributed by atoms with Gasteiger partial charge >= 0.3 is 0 Å². The van der Waals surface area contributed by atoms with Crippen molar-refractivity contribution in [2.45, 2.75) is 13.0 Å². The summed E-state index contributed by atoms with van der Waals surface area (Å²) in [7, 11) is 3.21. The van der Waals surface area contributed by atoms with Gasteiger partial charge in [0.05, 0.1) is 20.8 Å². The van der Waals surface area contributed by atoms with E-state index in [9.17, 15) is 4.79 Å². The van der Waals surface area contributed by atoms with Gasteiger partial charge in [-0.1, -0.05) is 0 Å². The van der Waals surface area contributed by atoms with Gasteiger partial charge in [-0.15, -0.1) is 0 Å². The lowest BCUT2D eigenvalue weighted by Gasteiger charge is -2.15. The maximum absolute atomic E-state index is 12.0. The SMILES string of the molecule is COc1ccc(OCCNC(=O)[C@@H](C)Oc2ccc(OC)cc2)cc1. The lowest BCUT2D eigenvalue weighted by atomic mass is 10.3. The third kappa shape index (κ3) is 5.91. The lowest BCUT2D eigenvalue weighted by molar-refractivity contribution is -0.127. The van der Waals surface area contributed by atoms with Crippen molar-refractivity contribution in [1.82, 2.24) is 5.32 Å². The van der Waals surface area contributed by atoms with Gasteiger partial charge in [-0.3, -0.25) is 4.79 Å². The molecule has 0 heterocycles. The molecular weight excluding hydrogens is 322 g/mol. The van der Waals surface area contributed by atoms with Crippen molar-refractivity contribution >= 4 is 5.91 Å². The van der Waals surface area contributed by atoms with Gasteiger partial charge in [0.15, 0.2) is 6.10 Å². The van der Waals surface area contributed by atoms with Crippen LogP contribution in [-0.2, 0) is 4.79 Å². The van der Waals surface area contributed by atoms with Crippen LogP contribution in [0, 0.1) is 0 Å². The van der Waals surface area contributed by atoms with Crippen LogP contribution < -0.4 is 24.3 Å². The van der Waals surface area contributed by atoms with Gasteiger partial charge in [-0.2, -0.15) is 0 Å². The van der Waals surface area contributed by atoms with E-state index in [1.165, 1.54) is 0 Å². The minimum atomic E-state index is -0.602. The highest BCUT2D eigenvalue weighted by Gasteiger charge is 2.14. The van der Waals surface area contributed by atoms with Crippen LogP contribution in [0.25, 0.3) is 0 Å². The Balaban J connectivity index is 1.69. The molecule has 6 nitrogen and oxygen atoms in total. The minimum Gasteiger partial charge on any atom is -0.497 e. The molecule has 25 heavy (non-hydrogen) atoms. The third-order valence-electron chi connectivity index (χ3n) is 3.47. The fourth-order valence-electron chi connectivity index (χ4n) is 2.07. The van der Waals surface area contributed by atoms with Crippen molar-refractivity contribution in [2.24, 2.45) is 0 Å². The Hall–Kier alpha value is -2.89. The molecule has 1 atom stereocenters. The van der Waals surface area contributed by atoms with Crippen molar-refractivity contribution in [3.05, 3.63) is 48.5 Å². The smallest absolute Gasteiger partial charge is 0.260 e. The molecule has 0 aliphatic heterocycles. The second-order valence-corrected chi connectivity index (χ2v) is 5.25. The van der Waals surface area contributed by atoms with Gasteiger partial charge in [0.1, 0.15) is 29.6 Å². The molecule has 1 amide bonds. The average molecular weight is 345 g/mol. The molecule has 0 fully saturated rings. The van der Waals surface area contributed by atoms with Gasteiger partial charge < -0.3 is 24.3 Å². The first-order valence-corrected chi connectivity index (χ1v) is 7.97. The quantitative estimate of drug-likeness (QED) is 0.708. The van der Waals surface area contributed by atoms with E-state index < -0.39 is 6.10 Å². The van der Waals surface area contributed by atoms with Crippen LogP contribution >= 0.6 is 0 Å². The van der Waals surface area contributed by atoms with Gasteiger partial charge in [-0.05, 0) is 55.5 Å². The third-order valence-corrected chi connectivity index (χ3v) is 3.47. The second kappa shape index (κ2) is 9.42. The van der Waals surface area contributed by atoms with Crippen LogP contribution in [0.5, 0.6) is 23.0 Å². The summed E-state index contributed by atoms with van der Waals surface area (Å²) in [5.74, 6) is 2.63. The molecule has 0 aromatic heterocycles. The summed E-state index contributed by atoms with van der Waals surface area (Å²) >= 11 is 0. The molecule has 6 heteroatoms. The molecule has 0 saturated carbocycles. The molecule has 0 spiro atoms. The second-order valence-electron chi connectivity index (χ2n) is 5.25. The predicted molar refractivity (Wildman–Crippen MR) is 94.6 cm³/mol. The first-order valence-electron chi connectivity index (χ1n) is 7.97. The number of ether oxygens (including phenoxy) is 4. The van der Waals surface area contributed by atoms with Crippen LogP contribution in [0.3, 0.4) is 0 Å². The van der Waals surface area contributed by atoms with E-state index in [2.05, 4.69) is 5.32 Å². The number of benzene rings is 2. The molecule has 0 aliphatic carbocycles. The first-order chi connectivity index (χ1) is 12.1. The van der Waals surface area contributed by atoms with Crippen molar-refractivity contribution in [3.63, 3.8) is 0 Å². The Kier molecular flexibility index (Phi) is 6.95. The van der Waals surface area contributed by atoms with Gasteiger partial charge in [-0.25, -0.2) is 0 Å².